The van der Waals surface area contributed by atoms with Crippen molar-refractivity contribution in [2.24, 2.45) is 0 Å². The van der Waals surface area contributed by atoms with Crippen LogP contribution in [0.4, 0.5) is 5.95 Å². The predicted octanol–water partition coefficient (Wildman–Crippen LogP) is 3.42. The summed E-state index contributed by atoms with van der Waals surface area (Å²) in [5.41, 5.74) is 3.86. The van der Waals surface area contributed by atoms with Crippen molar-refractivity contribution in [3.8, 4) is 11.3 Å². The van der Waals surface area contributed by atoms with Gasteiger partial charge in [-0.25, -0.2) is 4.98 Å². The lowest BCUT2D eigenvalue weighted by atomic mass is 10.1. The predicted molar refractivity (Wildman–Crippen MR) is 111 cm³/mol. The number of aromatic nitrogens is 3. The Labute approximate surface area is 166 Å². The van der Waals surface area contributed by atoms with E-state index < -0.39 is 0 Å². The molecule has 3 heterocycles. The summed E-state index contributed by atoms with van der Waals surface area (Å²) in [7, 11) is 0. The number of rotatable bonds is 3. The number of hydrogen-bond donors (Lipinski definition) is 3. The third kappa shape index (κ3) is 3.16. The van der Waals surface area contributed by atoms with Crippen LogP contribution >= 0.6 is 0 Å². The Morgan fingerprint density at radius 3 is 2.83 bits per heavy atom. The normalized spacial score (nSPS) is 13.6. The Hall–Kier alpha value is -3.87. The van der Waals surface area contributed by atoms with Crippen molar-refractivity contribution >= 4 is 28.7 Å². The third-order valence-electron chi connectivity index (χ3n) is 5.14. The molecule has 29 heavy (non-hydrogen) atoms. The maximum atomic E-state index is 12.8. The number of carbonyl (C=O) groups is 2. The molecule has 0 saturated carbocycles. The van der Waals surface area contributed by atoms with Gasteiger partial charge >= 0.3 is 0 Å². The van der Waals surface area contributed by atoms with E-state index in [2.05, 4.69) is 20.6 Å². The quantitative estimate of drug-likeness (QED) is 0.505. The lowest BCUT2D eigenvalue weighted by Gasteiger charge is -2.07. The van der Waals surface area contributed by atoms with Crippen molar-refractivity contribution in [2.75, 3.05) is 11.9 Å². The van der Waals surface area contributed by atoms with Crippen LogP contribution < -0.4 is 10.6 Å². The van der Waals surface area contributed by atoms with E-state index in [0.717, 1.165) is 35.1 Å². The molecule has 0 radical (unpaired) electrons. The van der Waals surface area contributed by atoms with E-state index in [0.29, 0.717) is 23.8 Å². The molecule has 7 nitrogen and oxygen atoms in total. The van der Waals surface area contributed by atoms with Crippen LogP contribution in [0, 0.1) is 0 Å². The van der Waals surface area contributed by atoms with E-state index in [9.17, 15) is 9.59 Å². The van der Waals surface area contributed by atoms with E-state index in [1.807, 2.05) is 53.1 Å². The van der Waals surface area contributed by atoms with Gasteiger partial charge in [0, 0.05) is 29.6 Å². The molecule has 0 saturated heterocycles. The second-order valence-electron chi connectivity index (χ2n) is 7.03. The molecule has 5 rings (SSSR count). The molecule has 4 aromatic rings. The van der Waals surface area contributed by atoms with Crippen LogP contribution in [0.1, 0.15) is 27.3 Å². The second kappa shape index (κ2) is 6.94. The van der Waals surface area contributed by atoms with Crippen LogP contribution in [-0.4, -0.2) is 32.9 Å². The first-order valence-corrected chi connectivity index (χ1v) is 9.52. The molecule has 3 N–H and O–H groups in total. The fraction of sp³-hybridized carbons (Fsp3) is 0.136. The van der Waals surface area contributed by atoms with Crippen LogP contribution in [-0.2, 0) is 6.54 Å². The molecule has 1 aliphatic heterocycles. The third-order valence-corrected chi connectivity index (χ3v) is 5.14. The zero-order chi connectivity index (χ0) is 19.8. The van der Waals surface area contributed by atoms with Gasteiger partial charge in [0.25, 0.3) is 11.8 Å². The van der Waals surface area contributed by atoms with Gasteiger partial charge in [0.05, 0.1) is 11.9 Å². The molecule has 0 fully saturated rings. The van der Waals surface area contributed by atoms with Gasteiger partial charge in [0.1, 0.15) is 5.69 Å². The number of hydrogen-bond acceptors (Lipinski definition) is 3. The first-order chi connectivity index (χ1) is 14.2. The highest BCUT2D eigenvalue weighted by Crippen LogP contribution is 2.24. The van der Waals surface area contributed by atoms with Crippen molar-refractivity contribution in [3.63, 3.8) is 0 Å². The zero-order valence-electron chi connectivity index (χ0n) is 15.6. The van der Waals surface area contributed by atoms with Gasteiger partial charge in [-0.15, -0.1) is 0 Å². The van der Waals surface area contributed by atoms with Gasteiger partial charge in [0.15, 0.2) is 0 Å². The largest absolute Gasteiger partial charge is 0.351 e. The van der Waals surface area contributed by atoms with E-state index in [4.69, 9.17) is 0 Å². The standard InChI is InChI=1S/C22H19N5O2/c28-20(26-22-24-13-17(25-22)14-5-2-1-3-6-14)16-8-7-15-11-19-21(29)23-9-4-10-27(19)18(15)12-16/h1-3,5-8,11-13H,4,9-10H2,(H,23,29)(H2,24,25,26,28). The van der Waals surface area contributed by atoms with Crippen LogP contribution in [0.3, 0.4) is 0 Å². The number of benzene rings is 2. The number of imidazole rings is 1. The Balaban J connectivity index is 1.42. The summed E-state index contributed by atoms with van der Waals surface area (Å²) in [4.78, 5) is 32.4. The number of nitrogens with zero attached hydrogens (tertiary/aromatic N) is 2. The molecular weight excluding hydrogens is 366 g/mol. The molecule has 2 aromatic carbocycles. The Bertz CT molecular complexity index is 1220. The molecule has 7 heteroatoms. The molecule has 2 aromatic heterocycles. The fourth-order valence-electron chi connectivity index (χ4n) is 3.68. The van der Waals surface area contributed by atoms with E-state index in [1.165, 1.54) is 0 Å². The van der Waals surface area contributed by atoms with Crippen molar-refractivity contribution < 1.29 is 9.59 Å². The average Bonchev–Trinajstić information content (AvgIpc) is 3.31. The van der Waals surface area contributed by atoms with Gasteiger partial charge in [-0.05, 0) is 30.2 Å². The van der Waals surface area contributed by atoms with Crippen LogP contribution in [0.2, 0.25) is 0 Å². The SMILES string of the molecule is O=C(Nc1ncc(-c2ccccc2)[nH]1)c1ccc2cc3n(c2c1)CCCNC3=O. The molecule has 0 unspecified atom stereocenters. The van der Waals surface area contributed by atoms with Crippen molar-refractivity contribution in [2.45, 2.75) is 13.0 Å². The molecule has 144 valence electrons. The smallest absolute Gasteiger partial charge is 0.267 e. The molecule has 0 atom stereocenters. The highest BCUT2D eigenvalue weighted by atomic mass is 16.2. The summed E-state index contributed by atoms with van der Waals surface area (Å²) in [6.07, 6.45) is 2.55. The monoisotopic (exact) mass is 385 g/mol. The minimum Gasteiger partial charge on any atom is -0.351 e. The highest BCUT2D eigenvalue weighted by molar-refractivity contribution is 6.06. The molecule has 0 bridgehead atoms. The van der Waals surface area contributed by atoms with Gasteiger partial charge < -0.3 is 14.9 Å². The molecule has 0 spiro atoms. The lowest BCUT2D eigenvalue weighted by molar-refractivity contribution is 0.0950. The first kappa shape index (κ1) is 17.2. The Morgan fingerprint density at radius 2 is 1.97 bits per heavy atom. The van der Waals surface area contributed by atoms with Crippen LogP contribution in [0.15, 0.2) is 60.8 Å². The summed E-state index contributed by atoms with van der Waals surface area (Å²) >= 11 is 0. The number of amides is 2. The Morgan fingerprint density at radius 1 is 1.10 bits per heavy atom. The van der Waals surface area contributed by atoms with E-state index in [-0.39, 0.29) is 11.8 Å². The van der Waals surface area contributed by atoms with Gasteiger partial charge in [-0.2, -0.15) is 0 Å². The number of nitrogens with one attached hydrogen (secondary N) is 3. The number of fused-ring (bicyclic) bond motifs is 3. The summed E-state index contributed by atoms with van der Waals surface area (Å²) in [5.74, 6) is 0.0607. The van der Waals surface area contributed by atoms with Gasteiger partial charge in [0.2, 0.25) is 5.95 Å². The first-order valence-electron chi connectivity index (χ1n) is 9.52. The maximum absolute atomic E-state index is 12.8. The maximum Gasteiger partial charge on any atom is 0.267 e. The lowest BCUT2D eigenvalue weighted by Crippen LogP contribution is -2.22. The molecule has 0 aliphatic carbocycles. The van der Waals surface area contributed by atoms with Crippen LogP contribution in [0.25, 0.3) is 22.2 Å². The van der Waals surface area contributed by atoms with Crippen molar-refractivity contribution in [1.29, 1.82) is 0 Å². The van der Waals surface area contributed by atoms with Crippen LogP contribution in [0.5, 0.6) is 0 Å². The molecule has 1 aliphatic rings. The number of aryl methyl sites for hydroxylation is 1. The summed E-state index contributed by atoms with van der Waals surface area (Å²) in [6.45, 7) is 1.39. The minimum absolute atomic E-state index is 0.0753. The van der Waals surface area contributed by atoms with Crippen molar-refractivity contribution in [3.05, 3.63) is 72.1 Å². The number of anilines is 1. The molecular formula is C22H19N5O2. The highest BCUT2D eigenvalue weighted by Gasteiger charge is 2.19. The summed E-state index contributed by atoms with van der Waals surface area (Å²) in [6, 6.07) is 17.1. The second-order valence-corrected chi connectivity index (χ2v) is 7.03. The zero-order valence-corrected chi connectivity index (χ0v) is 15.6. The van der Waals surface area contributed by atoms with Gasteiger partial charge in [-0.3, -0.25) is 14.9 Å². The number of H-pyrrole nitrogens is 1. The van der Waals surface area contributed by atoms with Crippen molar-refractivity contribution in [1.82, 2.24) is 19.9 Å². The topological polar surface area (TPSA) is 91.8 Å². The fourth-order valence-corrected chi connectivity index (χ4v) is 3.68. The van der Waals surface area contributed by atoms with Gasteiger partial charge in [-0.1, -0.05) is 36.4 Å². The Kier molecular flexibility index (Phi) is 4.13. The summed E-state index contributed by atoms with van der Waals surface area (Å²) in [5, 5.41) is 6.65. The molecule has 2 amide bonds. The number of carbonyl (C=O) groups excluding carboxylic acids is 2. The van der Waals surface area contributed by atoms with E-state index in [1.54, 1.807) is 12.3 Å². The summed E-state index contributed by atoms with van der Waals surface area (Å²) < 4.78 is 1.98. The minimum atomic E-state index is -0.255. The number of aromatic amines is 1. The van der Waals surface area contributed by atoms with E-state index >= 15 is 0 Å². The average molecular weight is 385 g/mol.